The number of nitrogens with one attached hydrogen (secondary N) is 3. The van der Waals surface area contributed by atoms with Crippen molar-refractivity contribution in [2.45, 2.75) is 50.7 Å². The Morgan fingerprint density at radius 3 is 1.95 bits per heavy atom. The van der Waals surface area contributed by atoms with Crippen molar-refractivity contribution in [1.82, 2.24) is 15.5 Å². The summed E-state index contributed by atoms with van der Waals surface area (Å²) in [5.74, 6) is -0.317. The van der Waals surface area contributed by atoms with E-state index in [0.717, 1.165) is 62.7 Å². The summed E-state index contributed by atoms with van der Waals surface area (Å²) in [6.07, 6.45) is 4.15. The molecule has 38 heavy (non-hydrogen) atoms. The zero-order chi connectivity index (χ0) is 27.1. The van der Waals surface area contributed by atoms with Crippen LogP contribution >= 0.6 is 0 Å². The second-order valence-electron chi connectivity index (χ2n) is 10.1. The van der Waals surface area contributed by atoms with Crippen LogP contribution in [0.3, 0.4) is 0 Å². The van der Waals surface area contributed by atoms with E-state index in [4.69, 9.17) is 10.1 Å². The Morgan fingerprint density at radius 1 is 0.842 bits per heavy atom. The quantitative estimate of drug-likeness (QED) is 0.301. The first-order valence-corrected chi connectivity index (χ1v) is 13.2. The molecule has 1 heterocycles. The van der Waals surface area contributed by atoms with Crippen molar-refractivity contribution < 1.29 is 23.9 Å². The Hall–Kier alpha value is -3.72. The maximum atomic E-state index is 12.8. The van der Waals surface area contributed by atoms with Gasteiger partial charge in [0.05, 0.1) is 13.0 Å². The van der Waals surface area contributed by atoms with Crippen LogP contribution in [0.4, 0.5) is 4.79 Å². The molecule has 2 aliphatic rings. The van der Waals surface area contributed by atoms with Gasteiger partial charge in [0.15, 0.2) is 0 Å². The van der Waals surface area contributed by atoms with Crippen LogP contribution in [0.15, 0.2) is 48.5 Å². The molecule has 2 aromatic rings. The number of methoxy groups -OCH3 is 1. The molecule has 2 fully saturated rings. The predicted octanol–water partition coefficient (Wildman–Crippen LogP) is 3.96. The maximum Gasteiger partial charge on any atom is 0.412 e. The zero-order valence-electron chi connectivity index (χ0n) is 22.0. The molecule has 0 spiro atoms. The number of carbonyl (C=O) groups excluding carboxylic acids is 3. The second kappa shape index (κ2) is 12.7. The van der Waals surface area contributed by atoms with E-state index in [0.29, 0.717) is 11.1 Å². The van der Waals surface area contributed by atoms with Gasteiger partial charge in [-0.2, -0.15) is 0 Å². The molecule has 2 amide bonds. The number of piperidine rings is 1. The van der Waals surface area contributed by atoms with Crippen molar-refractivity contribution in [3.63, 3.8) is 0 Å². The summed E-state index contributed by atoms with van der Waals surface area (Å²) in [4.78, 5) is 39.0. The third-order valence-electron chi connectivity index (χ3n) is 7.41. The highest BCUT2D eigenvalue weighted by Gasteiger charge is 2.30. The first-order valence-electron chi connectivity index (χ1n) is 13.2. The van der Waals surface area contributed by atoms with Crippen LogP contribution in [-0.2, 0) is 14.3 Å². The van der Waals surface area contributed by atoms with Crippen molar-refractivity contribution in [2.24, 2.45) is 5.92 Å². The fourth-order valence-electron chi connectivity index (χ4n) is 4.97. The molecule has 9 nitrogen and oxygen atoms in total. The van der Waals surface area contributed by atoms with E-state index in [1.54, 1.807) is 24.3 Å². The van der Waals surface area contributed by atoms with Crippen LogP contribution in [-0.4, -0.2) is 68.1 Å². The molecule has 202 valence electrons. The Morgan fingerprint density at radius 2 is 1.39 bits per heavy atom. The minimum atomic E-state index is -0.688. The summed E-state index contributed by atoms with van der Waals surface area (Å²) in [7, 11) is 3.33. The predicted molar refractivity (Wildman–Crippen MR) is 144 cm³/mol. The van der Waals surface area contributed by atoms with E-state index < -0.39 is 6.09 Å². The highest BCUT2D eigenvalue weighted by molar-refractivity contribution is 6.04. The summed E-state index contributed by atoms with van der Waals surface area (Å²) in [6, 6.07) is 14.6. The standard InChI is InChI=1S/C29H36N4O5/c1-33-17-15-25(16-18-33)38-28(35)23-11-13-24(14-12-23)31-27(34)22-9-5-20(6-10-22)19-3-7-21(8-4-19)26(30)32-29(36)37-2/h3-10,23-25H,11-18H2,1-2H3,(H,31,34)(H2,30,32,36). The zero-order valence-corrected chi connectivity index (χ0v) is 22.0. The monoisotopic (exact) mass is 520 g/mol. The molecule has 0 atom stereocenters. The summed E-state index contributed by atoms with van der Waals surface area (Å²) in [5.41, 5.74) is 3.00. The fourth-order valence-corrected chi connectivity index (χ4v) is 4.97. The molecule has 0 radical (unpaired) electrons. The number of nitrogens with zero attached hydrogens (tertiary/aromatic N) is 1. The number of alkyl carbamates (subject to hydrolysis) is 1. The van der Waals surface area contributed by atoms with E-state index in [2.05, 4.69) is 27.3 Å². The average molecular weight is 521 g/mol. The van der Waals surface area contributed by atoms with Gasteiger partial charge in [-0.1, -0.05) is 36.4 Å². The minimum Gasteiger partial charge on any atom is -0.462 e. The lowest BCUT2D eigenvalue weighted by Crippen LogP contribution is -2.40. The van der Waals surface area contributed by atoms with Crippen LogP contribution in [0.1, 0.15) is 54.4 Å². The molecule has 2 aromatic carbocycles. The highest BCUT2D eigenvalue weighted by Crippen LogP contribution is 2.27. The number of hydrogen-bond acceptors (Lipinski definition) is 7. The van der Waals surface area contributed by atoms with E-state index in [1.165, 1.54) is 7.11 Å². The number of esters is 1. The smallest absolute Gasteiger partial charge is 0.412 e. The Balaban J connectivity index is 1.24. The third-order valence-corrected chi connectivity index (χ3v) is 7.41. The van der Waals surface area contributed by atoms with Crippen LogP contribution in [0, 0.1) is 11.3 Å². The number of amides is 2. The molecule has 1 saturated carbocycles. The van der Waals surface area contributed by atoms with E-state index in [1.807, 2.05) is 24.3 Å². The molecule has 4 rings (SSSR count). The first kappa shape index (κ1) is 27.3. The van der Waals surface area contributed by atoms with Gasteiger partial charge in [-0.05, 0) is 68.8 Å². The summed E-state index contributed by atoms with van der Waals surface area (Å²) < 4.78 is 10.3. The average Bonchev–Trinajstić information content (AvgIpc) is 2.94. The van der Waals surface area contributed by atoms with Gasteiger partial charge < -0.3 is 19.7 Å². The molecular weight excluding hydrogens is 484 g/mol. The number of hydrogen-bond donors (Lipinski definition) is 3. The van der Waals surface area contributed by atoms with Gasteiger partial charge in [0.25, 0.3) is 5.91 Å². The topological polar surface area (TPSA) is 121 Å². The SMILES string of the molecule is COC(=O)NC(=N)c1ccc(-c2ccc(C(=O)NC3CCC(C(=O)OC4CCN(C)CC4)CC3)cc2)cc1. The molecular formula is C29H36N4O5. The van der Waals surface area contributed by atoms with Crippen molar-refractivity contribution in [2.75, 3.05) is 27.2 Å². The Bertz CT molecular complexity index is 1130. The van der Waals surface area contributed by atoms with Crippen LogP contribution in [0.25, 0.3) is 11.1 Å². The molecule has 9 heteroatoms. The fraction of sp³-hybridized carbons (Fsp3) is 0.448. The molecule has 1 saturated heterocycles. The van der Waals surface area contributed by atoms with Crippen molar-refractivity contribution >= 4 is 23.8 Å². The number of benzene rings is 2. The Labute approximate surface area is 223 Å². The number of rotatable bonds is 6. The van der Waals surface area contributed by atoms with Gasteiger partial charge in [0.1, 0.15) is 11.9 Å². The minimum absolute atomic E-state index is 0.0362. The molecule has 0 aromatic heterocycles. The van der Waals surface area contributed by atoms with Crippen LogP contribution < -0.4 is 10.6 Å². The molecule has 1 aliphatic heterocycles. The van der Waals surface area contributed by atoms with Crippen molar-refractivity contribution in [1.29, 1.82) is 5.41 Å². The van der Waals surface area contributed by atoms with E-state index in [-0.39, 0.29) is 35.8 Å². The van der Waals surface area contributed by atoms with Gasteiger partial charge in [-0.15, -0.1) is 0 Å². The van der Waals surface area contributed by atoms with Gasteiger partial charge >= 0.3 is 12.1 Å². The number of carbonyl (C=O) groups is 3. The summed E-state index contributed by atoms with van der Waals surface area (Å²) >= 11 is 0. The third kappa shape index (κ3) is 7.19. The lowest BCUT2D eigenvalue weighted by Gasteiger charge is -2.32. The molecule has 0 bridgehead atoms. The van der Waals surface area contributed by atoms with Crippen molar-refractivity contribution in [3.05, 3.63) is 59.7 Å². The van der Waals surface area contributed by atoms with Gasteiger partial charge in [-0.3, -0.25) is 20.3 Å². The molecule has 3 N–H and O–H groups in total. The van der Waals surface area contributed by atoms with Gasteiger partial charge in [0, 0.05) is 30.3 Å². The number of amidine groups is 1. The van der Waals surface area contributed by atoms with Crippen molar-refractivity contribution in [3.8, 4) is 11.1 Å². The number of ether oxygens (including phenoxy) is 2. The summed E-state index contributed by atoms with van der Waals surface area (Å²) in [5, 5.41) is 13.4. The van der Waals surface area contributed by atoms with Gasteiger partial charge in [-0.25, -0.2) is 4.79 Å². The van der Waals surface area contributed by atoms with Crippen LogP contribution in [0.2, 0.25) is 0 Å². The Kier molecular flexibility index (Phi) is 9.12. The highest BCUT2D eigenvalue weighted by atomic mass is 16.5. The largest absolute Gasteiger partial charge is 0.462 e. The first-order chi connectivity index (χ1) is 18.3. The molecule has 0 unspecified atom stereocenters. The second-order valence-corrected chi connectivity index (χ2v) is 10.1. The molecule has 1 aliphatic carbocycles. The number of likely N-dealkylation sites (tertiary alicyclic amines) is 1. The van der Waals surface area contributed by atoms with Gasteiger partial charge in [0.2, 0.25) is 0 Å². The van der Waals surface area contributed by atoms with Crippen LogP contribution in [0.5, 0.6) is 0 Å². The lowest BCUT2D eigenvalue weighted by molar-refractivity contribution is -0.157. The summed E-state index contributed by atoms with van der Waals surface area (Å²) in [6.45, 7) is 1.93. The van der Waals surface area contributed by atoms with E-state index >= 15 is 0 Å². The normalized spacial score (nSPS) is 20.3. The maximum absolute atomic E-state index is 12.8. The lowest BCUT2D eigenvalue weighted by atomic mass is 9.86. The van der Waals surface area contributed by atoms with E-state index in [9.17, 15) is 14.4 Å².